The minimum atomic E-state index is -0.604. The number of carbonyl (C=O) groups excluding carboxylic acids is 1. The summed E-state index contributed by atoms with van der Waals surface area (Å²) in [7, 11) is 0. The summed E-state index contributed by atoms with van der Waals surface area (Å²) in [4.78, 5) is 13.7. The number of amides is 1. The van der Waals surface area contributed by atoms with E-state index in [9.17, 15) is 4.79 Å². The lowest BCUT2D eigenvalue weighted by Gasteiger charge is -2.27. The second-order valence-electron chi connectivity index (χ2n) is 4.56. The van der Waals surface area contributed by atoms with Crippen molar-refractivity contribution in [3.05, 3.63) is 34.9 Å². The molecule has 18 heavy (non-hydrogen) atoms. The third-order valence-corrected chi connectivity index (χ3v) is 3.70. The van der Waals surface area contributed by atoms with Gasteiger partial charge in [-0.3, -0.25) is 4.79 Å². The minimum Gasteiger partial charge on any atom is -0.366 e. The van der Waals surface area contributed by atoms with Crippen LogP contribution in [0.5, 0.6) is 0 Å². The van der Waals surface area contributed by atoms with Gasteiger partial charge in [0.25, 0.3) is 0 Å². The summed E-state index contributed by atoms with van der Waals surface area (Å²) >= 11 is 6.29. The van der Waals surface area contributed by atoms with E-state index in [2.05, 4.69) is 22.4 Å². The van der Waals surface area contributed by atoms with E-state index in [-0.39, 0.29) is 5.91 Å². The fourth-order valence-electron chi connectivity index (χ4n) is 2.40. The summed E-state index contributed by atoms with van der Waals surface area (Å²) in [6.45, 7) is 1.79. The van der Waals surface area contributed by atoms with E-state index in [1.165, 1.54) is 0 Å². The number of anilines is 2. The number of halogens is 1. The zero-order valence-electron chi connectivity index (χ0n) is 9.82. The molecule has 1 aromatic carbocycles. The molecule has 3 N–H and O–H groups in total. The number of benzene rings is 1. The summed E-state index contributed by atoms with van der Waals surface area (Å²) in [6, 6.07) is 3.11. The molecule has 0 spiro atoms. The van der Waals surface area contributed by atoms with Gasteiger partial charge in [0, 0.05) is 24.3 Å². The Morgan fingerprint density at radius 1 is 1.39 bits per heavy atom. The Bertz CT molecular complexity index is 541. The van der Waals surface area contributed by atoms with Crippen molar-refractivity contribution in [2.45, 2.75) is 12.5 Å². The molecule has 3 rings (SSSR count). The maximum Gasteiger partial charge on any atom is 0.245 e. The highest BCUT2D eigenvalue weighted by atomic mass is 35.5. The number of nitrogens with one attached hydrogen (secondary N) is 1. The van der Waals surface area contributed by atoms with Gasteiger partial charge in [0.05, 0.1) is 10.7 Å². The highest BCUT2D eigenvalue weighted by Crippen LogP contribution is 2.38. The molecule has 94 valence electrons. The predicted octanol–water partition coefficient (Wildman–Crippen LogP) is 2.06. The normalized spacial score (nSPS) is 22.0. The standard InChI is InChI=1S/C13H14ClN3O/c14-9-6-8-10(16-13(18)12(8)15)7-11(9)17-4-2-1-3-5-17/h1-2,6-7,12H,3-5,15H2,(H,16,18). The van der Waals surface area contributed by atoms with Crippen LogP contribution in [-0.4, -0.2) is 19.0 Å². The van der Waals surface area contributed by atoms with Crippen LogP contribution in [-0.2, 0) is 4.79 Å². The van der Waals surface area contributed by atoms with Crippen LogP contribution in [0.15, 0.2) is 24.3 Å². The second kappa shape index (κ2) is 4.30. The molecule has 1 unspecified atom stereocenters. The Hall–Kier alpha value is -1.52. The van der Waals surface area contributed by atoms with Crippen LogP contribution < -0.4 is 16.0 Å². The number of fused-ring (bicyclic) bond motifs is 1. The largest absolute Gasteiger partial charge is 0.366 e. The van der Waals surface area contributed by atoms with Crippen LogP contribution in [0.25, 0.3) is 0 Å². The van der Waals surface area contributed by atoms with Crippen LogP contribution in [0, 0.1) is 0 Å². The third kappa shape index (κ3) is 1.78. The lowest BCUT2D eigenvalue weighted by Crippen LogP contribution is -2.27. The van der Waals surface area contributed by atoms with Crippen molar-refractivity contribution in [2.24, 2.45) is 5.73 Å². The molecule has 1 atom stereocenters. The third-order valence-electron chi connectivity index (χ3n) is 3.39. The van der Waals surface area contributed by atoms with Crippen LogP contribution in [0.2, 0.25) is 5.02 Å². The van der Waals surface area contributed by atoms with E-state index in [0.717, 1.165) is 36.4 Å². The molecule has 0 saturated heterocycles. The van der Waals surface area contributed by atoms with Gasteiger partial charge in [-0.1, -0.05) is 23.8 Å². The first-order chi connectivity index (χ1) is 8.66. The molecular formula is C13H14ClN3O. The Morgan fingerprint density at radius 3 is 2.94 bits per heavy atom. The van der Waals surface area contributed by atoms with Crippen molar-refractivity contribution in [3.63, 3.8) is 0 Å². The molecule has 2 heterocycles. The molecule has 2 aliphatic heterocycles. The molecule has 0 aliphatic carbocycles. The quantitative estimate of drug-likeness (QED) is 0.763. The first-order valence-electron chi connectivity index (χ1n) is 5.96. The maximum atomic E-state index is 11.5. The number of nitrogens with zero attached hydrogens (tertiary/aromatic N) is 1. The number of hydrogen-bond donors (Lipinski definition) is 2. The van der Waals surface area contributed by atoms with Crippen molar-refractivity contribution >= 4 is 28.9 Å². The zero-order valence-corrected chi connectivity index (χ0v) is 10.6. The molecule has 0 radical (unpaired) electrons. The first-order valence-corrected chi connectivity index (χ1v) is 6.34. The van der Waals surface area contributed by atoms with Crippen LogP contribution in [0.4, 0.5) is 11.4 Å². The summed E-state index contributed by atoms with van der Waals surface area (Å²) in [5.74, 6) is -0.170. The monoisotopic (exact) mass is 263 g/mol. The molecule has 2 aliphatic rings. The Balaban J connectivity index is 2.00. The van der Waals surface area contributed by atoms with Crippen molar-refractivity contribution < 1.29 is 4.79 Å². The van der Waals surface area contributed by atoms with Gasteiger partial charge in [-0.2, -0.15) is 0 Å². The van der Waals surface area contributed by atoms with E-state index in [0.29, 0.717) is 5.02 Å². The average molecular weight is 264 g/mol. The van der Waals surface area contributed by atoms with E-state index in [1.807, 2.05) is 6.07 Å². The molecule has 1 aromatic rings. The van der Waals surface area contributed by atoms with Crippen molar-refractivity contribution in [1.29, 1.82) is 0 Å². The van der Waals surface area contributed by atoms with Gasteiger partial charge in [0.2, 0.25) is 5.91 Å². The van der Waals surface area contributed by atoms with Gasteiger partial charge in [0.1, 0.15) is 6.04 Å². The molecule has 4 nitrogen and oxygen atoms in total. The maximum absolute atomic E-state index is 11.5. The van der Waals surface area contributed by atoms with Crippen molar-refractivity contribution in [1.82, 2.24) is 0 Å². The van der Waals surface area contributed by atoms with Crippen molar-refractivity contribution in [3.8, 4) is 0 Å². The molecule has 1 amide bonds. The minimum absolute atomic E-state index is 0.170. The number of carbonyl (C=O) groups is 1. The molecular weight excluding hydrogens is 250 g/mol. The number of hydrogen-bond acceptors (Lipinski definition) is 3. The lowest BCUT2D eigenvalue weighted by molar-refractivity contribution is -0.116. The van der Waals surface area contributed by atoms with E-state index < -0.39 is 6.04 Å². The highest BCUT2D eigenvalue weighted by Gasteiger charge is 2.29. The molecule has 0 bridgehead atoms. The second-order valence-corrected chi connectivity index (χ2v) is 4.97. The summed E-state index contributed by atoms with van der Waals surface area (Å²) in [6.07, 6.45) is 5.30. The number of nitrogens with two attached hydrogens (primary N) is 1. The fraction of sp³-hybridized carbons (Fsp3) is 0.308. The van der Waals surface area contributed by atoms with Crippen LogP contribution in [0.1, 0.15) is 18.0 Å². The first kappa shape index (κ1) is 11.6. The molecule has 0 aromatic heterocycles. The van der Waals surface area contributed by atoms with Gasteiger partial charge in [-0.05, 0) is 18.6 Å². The van der Waals surface area contributed by atoms with Gasteiger partial charge in [0.15, 0.2) is 0 Å². The lowest BCUT2D eigenvalue weighted by atomic mass is 10.1. The van der Waals surface area contributed by atoms with E-state index in [1.54, 1.807) is 6.07 Å². The van der Waals surface area contributed by atoms with Crippen LogP contribution >= 0.6 is 11.6 Å². The fourth-order valence-corrected chi connectivity index (χ4v) is 2.69. The van der Waals surface area contributed by atoms with E-state index >= 15 is 0 Å². The smallest absolute Gasteiger partial charge is 0.245 e. The Morgan fingerprint density at radius 2 is 2.22 bits per heavy atom. The van der Waals surface area contributed by atoms with Crippen LogP contribution in [0.3, 0.4) is 0 Å². The Kier molecular flexibility index (Phi) is 2.76. The molecule has 0 saturated carbocycles. The topological polar surface area (TPSA) is 58.4 Å². The predicted molar refractivity (Wildman–Crippen MR) is 73.0 cm³/mol. The highest BCUT2D eigenvalue weighted by molar-refractivity contribution is 6.33. The van der Waals surface area contributed by atoms with Gasteiger partial charge < -0.3 is 16.0 Å². The summed E-state index contributed by atoms with van der Waals surface area (Å²) < 4.78 is 0. The van der Waals surface area contributed by atoms with Gasteiger partial charge in [-0.15, -0.1) is 0 Å². The summed E-state index contributed by atoms with van der Waals surface area (Å²) in [5, 5.41) is 3.44. The molecule has 5 heteroatoms. The van der Waals surface area contributed by atoms with E-state index in [4.69, 9.17) is 17.3 Å². The Labute approximate surface area is 110 Å². The zero-order chi connectivity index (χ0) is 12.7. The van der Waals surface area contributed by atoms with Crippen molar-refractivity contribution in [2.75, 3.05) is 23.3 Å². The summed E-state index contributed by atoms with van der Waals surface area (Å²) in [5.41, 5.74) is 8.30. The van der Waals surface area contributed by atoms with Gasteiger partial charge >= 0.3 is 0 Å². The number of rotatable bonds is 1. The SMILES string of the molecule is NC1C(=O)Nc2cc(N3CC=CCC3)c(Cl)cc21. The van der Waals surface area contributed by atoms with Gasteiger partial charge in [-0.25, -0.2) is 0 Å². The molecule has 0 fully saturated rings. The average Bonchev–Trinajstić information content (AvgIpc) is 2.66.